The lowest BCUT2D eigenvalue weighted by Crippen LogP contribution is -1.85. The molecule has 0 aromatic heterocycles. The lowest BCUT2D eigenvalue weighted by Gasteiger charge is -2.07. The molecule has 0 nitrogen and oxygen atoms in total. The number of halogens is 5. The van der Waals surface area contributed by atoms with E-state index >= 15 is 0 Å². The maximum absolute atomic E-state index is 13.4. The predicted octanol–water partition coefficient (Wildman–Crippen LogP) is 6.11. The standard InChI is InChI=1S/C12H5Cl4F/c13-7-1-6(2-8(14)3-7)10-4-9(15)5-11(17)12(10)16/h1-5H. The summed E-state index contributed by atoms with van der Waals surface area (Å²) in [6, 6.07) is 7.59. The third-order valence-corrected chi connectivity index (χ3v) is 3.21. The summed E-state index contributed by atoms with van der Waals surface area (Å²) in [6.07, 6.45) is 0. The van der Waals surface area contributed by atoms with Gasteiger partial charge < -0.3 is 0 Å². The van der Waals surface area contributed by atoms with Crippen molar-refractivity contribution in [2.75, 3.05) is 0 Å². The van der Waals surface area contributed by atoms with Gasteiger partial charge in [-0.25, -0.2) is 4.39 Å². The Morgan fingerprint density at radius 2 is 1.24 bits per heavy atom. The predicted molar refractivity (Wildman–Crippen MR) is 71.9 cm³/mol. The number of hydrogen-bond acceptors (Lipinski definition) is 0. The maximum atomic E-state index is 13.4. The summed E-state index contributed by atoms with van der Waals surface area (Å²) in [5.41, 5.74) is 1.08. The number of hydrogen-bond donors (Lipinski definition) is 0. The molecule has 2 aromatic carbocycles. The van der Waals surface area contributed by atoms with Crippen LogP contribution in [0.5, 0.6) is 0 Å². The molecule has 0 saturated carbocycles. The largest absolute Gasteiger partial charge is 0.205 e. The van der Waals surface area contributed by atoms with Crippen molar-refractivity contribution >= 4 is 46.4 Å². The van der Waals surface area contributed by atoms with Gasteiger partial charge in [0.2, 0.25) is 0 Å². The van der Waals surface area contributed by atoms with E-state index < -0.39 is 5.82 Å². The van der Waals surface area contributed by atoms with Gasteiger partial charge in [0.05, 0.1) is 5.02 Å². The Morgan fingerprint density at radius 1 is 0.706 bits per heavy atom. The molecule has 2 rings (SSSR count). The average Bonchev–Trinajstić information content (AvgIpc) is 2.22. The van der Waals surface area contributed by atoms with Crippen LogP contribution in [0, 0.1) is 5.82 Å². The van der Waals surface area contributed by atoms with Crippen LogP contribution in [0.4, 0.5) is 4.39 Å². The average molecular weight is 310 g/mol. The maximum Gasteiger partial charge on any atom is 0.143 e. The molecular formula is C12H5Cl4F. The first-order valence-electron chi connectivity index (χ1n) is 4.58. The van der Waals surface area contributed by atoms with Crippen LogP contribution in [-0.2, 0) is 0 Å². The fourth-order valence-corrected chi connectivity index (χ4v) is 2.42. The van der Waals surface area contributed by atoms with E-state index in [0.717, 1.165) is 6.07 Å². The molecule has 88 valence electrons. The van der Waals surface area contributed by atoms with Gasteiger partial charge in [-0.1, -0.05) is 46.4 Å². The molecule has 0 fully saturated rings. The van der Waals surface area contributed by atoms with E-state index in [1.54, 1.807) is 24.3 Å². The smallest absolute Gasteiger partial charge is 0.143 e. The van der Waals surface area contributed by atoms with Gasteiger partial charge >= 0.3 is 0 Å². The van der Waals surface area contributed by atoms with Gasteiger partial charge in [-0.3, -0.25) is 0 Å². The van der Waals surface area contributed by atoms with E-state index in [2.05, 4.69) is 0 Å². The van der Waals surface area contributed by atoms with Gasteiger partial charge in [-0.05, 0) is 35.9 Å². The van der Waals surface area contributed by atoms with Crippen molar-refractivity contribution in [1.82, 2.24) is 0 Å². The summed E-state index contributed by atoms with van der Waals surface area (Å²) < 4.78 is 13.4. The van der Waals surface area contributed by atoms with Crippen molar-refractivity contribution in [3.8, 4) is 11.1 Å². The molecule has 0 radical (unpaired) electrons. The Kier molecular flexibility index (Phi) is 3.84. The molecule has 0 N–H and O–H groups in total. The topological polar surface area (TPSA) is 0 Å². The second-order valence-corrected chi connectivity index (χ2v) is 5.09. The van der Waals surface area contributed by atoms with Gasteiger partial charge in [-0.2, -0.15) is 0 Å². The Labute approximate surface area is 118 Å². The van der Waals surface area contributed by atoms with E-state index in [-0.39, 0.29) is 10.0 Å². The van der Waals surface area contributed by atoms with Crippen molar-refractivity contribution in [3.05, 3.63) is 56.2 Å². The lowest BCUT2D eigenvalue weighted by molar-refractivity contribution is 0.629. The second kappa shape index (κ2) is 5.03. The van der Waals surface area contributed by atoms with Crippen molar-refractivity contribution < 1.29 is 4.39 Å². The monoisotopic (exact) mass is 308 g/mol. The zero-order valence-corrected chi connectivity index (χ0v) is 11.3. The first kappa shape index (κ1) is 13.0. The van der Waals surface area contributed by atoms with Crippen LogP contribution in [0.2, 0.25) is 20.1 Å². The normalized spacial score (nSPS) is 10.6. The summed E-state index contributed by atoms with van der Waals surface area (Å²) in [7, 11) is 0. The minimum Gasteiger partial charge on any atom is -0.205 e. The highest BCUT2D eigenvalue weighted by Gasteiger charge is 2.11. The highest BCUT2D eigenvalue weighted by atomic mass is 35.5. The first-order chi connectivity index (χ1) is 7.97. The third kappa shape index (κ3) is 2.86. The molecule has 0 bridgehead atoms. The fourth-order valence-electron chi connectivity index (χ4n) is 1.48. The van der Waals surface area contributed by atoms with Crippen molar-refractivity contribution in [2.45, 2.75) is 0 Å². The molecule has 2 aromatic rings. The molecule has 17 heavy (non-hydrogen) atoms. The fraction of sp³-hybridized carbons (Fsp3) is 0. The van der Waals surface area contributed by atoms with Gasteiger partial charge in [0.25, 0.3) is 0 Å². The van der Waals surface area contributed by atoms with E-state index in [1.807, 2.05) is 0 Å². The van der Waals surface area contributed by atoms with Crippen LogP contribution in [0.1, 0.15) is 0 Å². The quantitative estimate of drug-likeness (QED) is 0.558. The van der Waals surface area contributed by atoms with Crippen LogP contribution in [0.3, 0.4) is 0 Å². The molecule has 0 unspecified atom stereocenters. The number of rotatable bonds is 1. The molecule has 0 amide bonds. The minimum absolute atomic E-state index is 0.00673. The lowest BCUT2D eigenvalue weighted by atomic mass is 10.1. The summed E-state index contributed by atoms with van der Waals surface area (Å²) in [5, 5.41) is 1.15. The molecule has 0 aliphatic rings. The Balaban J connectivity index is 2.67. The van der Waals surface area contributed by atoms with E-state index in [4.69, 9.17) is 46.4 Å². The second-order valence-electron chi connectivity index (χ2n) is 3.41. The van der Waals surface area contributed by atoms with Crippen molar-refractivity contribution in [1.29, 1.82) is 0 Å². The number of benzene rings is 2. The highest BCUT2D eigenvalue weighted by Crippen LogP contribution is 2.35. The highest BCUT2D eigenvalue weighted by molar-refractivity contribution is 6.37. The van der Waals surface area contributed by atoms with E-state index in [9.17, 15) is 4.39 Å². The van der Waals surface area contributed by atoms with Crippen LogP contribution in [0.25, 0.3) is 11.1 Å². The molecule has 0 heterocycles. The summed E-state index contributed by atoms with van der Waals surface area (Å²) in [5.74, 6) is -0.578. The SMILES string of the molecule is Fc1cc(Cl)cc(-c2cc(Cl)cc(Cl)c2)c1Cl. The van der Waals surface area contributed by atoms with Crippen LogP contribution in [0.15, 0.2) is 30.3 Å². The summed E-state index contributed by atoms with van der Waals surface area (Å²) in [6.45, 7) is 0. The van der Waals surface area contributed by atoms with Gasteiger partial charge in [0.1, 0.15) is 5.82 Å². The van der Waals surface area contributed by atoms with Crippen LogP contribution < -0.4 is 0 Å². The Bertz CT molecular complexity index is 561. The third-order valence-electron chi connectivity index (χ3n) is 2.17. The van der Waals surface area contributed by atoms with Crippen LogP contribution in [-0.4, -0.2) is 0 Å². The Morgan fingerprint density at radius 3 is 1.82 bits per heavy atom. The molecule has 0 atom stereocenters. The Hall–Kier alpha value is -0.470. The zero-order valence-electron chi connectivity index (χ0n) is 8.28. The van der Waals surface area contributed by atoms with E-state index in [1.165, 1.54) is 0 Å². The molecule has 0 aliphatic heterocycles. The molecule has 0 aliphatic carbocycles. The van der Waals surface area contributed by atoms with Gasteiger partial charge in [0, 0.05) is 20.6 Å². The minimum atomic E-state index is -0.578. The van der Waals surface area contributed by atoms with E-state index in [0.29, 0.717) is 21.2 Å². The van der Waals surface area contributed by atoms with Crippen LogP contribution >= 0.6 is 46.4 Å². The molecule has 5 heteroatoms. The van der Waals surface area contributed by atoms with Gasteiger partial charge in [-0.15, -0.1) is 0 Å². The summed E-state index contributed by atoms with van der Waals surface area (Å²) >= 11 is 23.4. The first-order valence-corrected chi connectivity index (χ1v) is 6.09. The molecule has 0 saturated heterocycles. The zero-order chi connectivity index (χ0) is 12.6. The summed E-state index contributed by atoms with van der Waals surface area (Å²) in [4.78, 5) is 0. The molecular weight excluding hydrogens is 305 g/mol. The van der Waals surface area contributed by atoms with Gasteiger partial charge in [0.15, 0.2) is 0 Å². The van der Waals surface area contributed by atoms with Crippen molar-refractivity contribution in [2.24, 2.45) is 0 Å². The van der Waals surface area contributed by atoms with Crippen molar-refractivity contribution in [3.63, 3.8) is 0 Å². The molecule has 0 spiro atoms.